The summed E-state index contributed by atoms with van der Waals surface area (Å²) in [5, 5.41) is 1.35. The Morgan fingerprint density at radius 2 is 1.95 bits per heavy atom. The van der Waals surface area contributed by atoms with Crippen LogP contribution in [0.1, 0.15) is 45.4 Å². The fraction of sp³-hybridized carbons (Fsp3) is 0.438. The minimum Gasteiger partial charge on any atom is -0.408 e. The van der Waals surface area contributed by atoms with Gasteiger partial charge in [0, 0.05) is 17.3 Å². The molecule has 3 nitrogen and oxygen atoms in total. The summed E-state index contributed by atoms with van der Waals surface area (Å²) in [7, 11) is 0. The maximum atomic E-state index is 11.8. The van der Waals surface area contributed by atoms with Gasteiger partial charge in [0.15, 0.2) is 0 Å². The number of aromatic nitrogens is 1. The number of aromatic amines is 1. The second kappa shape index (κ2) is 7.34. The Balaban J connectivity index is 1.88. The number of hydrogen-bond acceptors (Lipinski definition) is 2. The molecule has 2 aromatic rings. The molecule has 0 spiro atoms. The van der Waals surface area contributed by atoms with Gasteiger partial charge in [-0.15, -0.1) is 0 Å². The van der Waals surface area contributed by atoms with Gasteiger partial charge < -0.3 is 9.72 Å². The summed E-state index contributed by atoms with van der Waals surface area (Å²) in [6, 6.07) is 7.62. The standard InChI is InChI=1S/C16H20ClNO2/c1-2-3-4-5-6-11-14(19)20-16-15(17)12-9-7-8-10-13(12)18-16/h7-10,18H,2-6,11H2,1H3. The first-order valence-corrected chi connectivity index (χ1v) is 7.57. The zero-order valence-electron chi connectivity index (χ0n) is 11.7. The normalized spacial score (nSPS) is 10.9. The molecule has 0 aliphatic heterocycles. The highest BCUT2D eigenvalue weighted by Crippen LogP contribution is 2.32. The van der Waals surface area contributed by atoms with Crippen LogP contribution in [0.15, 0.2) is 24.3 Å². The number of carbonyl (C=O) groups is 1. The van der Waals surface area contributed by atoms with Crippen LogP contribution < -0.4 is 4.74 Å². The quantitative estimate of drug-likeness (QED) is 0.571. The molecular formula is C16H20ClNO2. The molecule has 1 aromatic heterocycles. The van der Waals surface area contributed by atoms with Crippen LogP contribution in [-0.4, -0.2) is 11.0 Å². The number of ether oxygens (including phenoxy) is 1. The summed E-state index contributed by atoms with van der Waals surface area (Å²) in [6.45, 7) is 2.17. The van der Waals surface area contributed by atoms with Crippen molar-refractivity contribution in [3.05, 3.63) is 29.3 Å². The van der Waals surface area contributed by atoms with Crippen molar-refractivity contribution in [2.75, 3.05) is 0 Å². The number of nitrogens with one attached hydrogen (secondary N) is 1. The minimum atomic E-state index is -0.227. The summed E-state index contributed by atoms with van der Waals surface area (Å²) in [6.07, 6.45) is 5.99. The second-order valence-electron chi connectivity index (χ2n) is 4.95. The monoisotopic (exact) mass is 293 g/mol. The molecule has 0 saturated heterocycles. The lowest BCUT2D eigenvalue weighted by Crippen LogP contribution is -2.07. The molecule has 0 fully saturated rings. The average Bonchev–Trinajstić information content (AvgIpc) is 2.76. The fourth-order valence-corrected chi connectivity index (χ4v) is 2.44. The number of hydrogen-bond donors (Lipinski definition) is 1. The molecule has 0 aliphatic rings. The molecule has 0 bridgehead atoms. The van der Waals surface area contributed by atoms with Gasteiger partial charge >= 0.3 is 5.97 Å². The maximum absolute atomic E-state index is 11.8. The lowest BCUT2D eigenvalue weighted by Gasteiger charge is -2.02. The third kappa shape index (κ3) is 3.76. The van der Waals surface area contributed by atoms with Crippen LogP contribution in [0.2, 0.25) is 5.02 Å². The first-order valence-electron chi connectivity index (χ1n) is 7.19. The van der Waals surface area contributed by atoms with E-state index in [1.807, 2.05) is 24.3 Å². The summed E-state index contributed by atoms with van der Waals surface area (Å²) in [4.78, 5) is 14.8. The Kier molecular flexibility index (Phi) is 5.48. The molecule has 0 saturated carbocycles. The smallest absolute Gasteiger partial charge is 0.312 e. The van der Waals surface area contributed by atoms with Gasteiger partial charge in [-0.05, 0) is 12.5 Å². The molecular weight excluding hydrogens is 274 g/mol. The third-order valence-electron chi connectivity index (χ3n) is 3.31. The van der Waals surface area contributed by atoms with Crippen LogP contribution >= 0.6 is 11.6 Å². The number of unbranched alkanes of at least 4 members (excludes halogenated alkanes) is 4. The molecule has 0 radical (unpaired) electrons. The van der Waals surface area contributed by atoms with Gasteiger partial charge in [-0.2, -0.15) is 0 Å². The van der Waals surface area contributed by atoms with Crippen molar-refractivity contribution in [3.63, 3.8) is 0 Å². The zero-order chi connectivity index (χ0) is 14.4. The number of halogens is 1. The SMILES string of the molecule is CCCCCCCC(=O)Oc1[nH]c2ccccc2c1Cl. The van der Waals surface area contributed by atoms with Gasteiger partial charge in [0.05, 0.1) is 0 Å². The maximum Gasteiger partial charge on any atom is 0.312 e. The molecule has 1 N–H and O–H groups in total. The van der Waals surface area contributed by atoms with E-state index < -0.39 is 0 Å². The fourth-order valence-electron chi connectivity index (χ4n) is 2.19. The van der Waals surface area contributed by atoms with Crippen LogP contribution in [0.5, 0.6) is 5.88 Å². The van der Waals surface area contributed by atoms with E-state index in [1.165, 1.54) is 19.3 Å². The molecule has 1 aromatic carbocycles. The number of fused-ring (bicyclic) bond motifs is 1. The Morgan fingerprint density at radius 3 is 2.70 bits per heavy atom. The summed E-state index contributed by atoms with van der Waals surface area (Å²) < 4.78 is 5.31. The van der Waals surface area contributed by atoms with Gasteiger partial charge in [-0.3, -0.25) is 4.79 Å². The predicted molar refractivity (Wildman–Crippen MR) is 82.3 cm³/mol. The number of carbonyl (C=O) groups excluding carboxylic acids is 1. The van der Waals surface area contributed by atoms with E-state index in [4.69, 9.17) is 16.3 Å². The third-order valence-corrected chi connectivity index (χ3v) is 3.69. The number of para-hydroxylation sites is 1. The van der Waals surface area contributed by atoms with Crippen LogP contribution in [0.4, 0.5) is 0 Å². The minimum absolute atomic E-state index is 0.227. The first-order chi connectivity index (χ1) is 9.72. The largest absolute Gasteiger partial charge is 0.408 e. The lowest BCUT2D eigenvalue weighted by molar-refractivity contribution is -0.134. The molecule has 1 heterocycles. The van der Waals surface area contributed by atoms with Gasteiger partial charge in [0.25, 0.3) is 0 Å². The van der Waals surface area contributed by atoms with Crippen molar-refractivity contribution in [2.45, 2.75) is 45.4 Å². The highest BCUT2D eigenvalue weighted by Gasteiger charge is 2.13. The molecule has 2 rings (SSSR count). The van der Waals surface area contributed by atoms with Gasteiger partial charge in [-0.25, -0.2) is 0 Å². The van der Waals surface area contributed by atoms with Crippen LogP contribution in [0, 0.1) is 0 Å². The van der Waals surface area contributed by atoms with Crippen molar-refractivity contribution in [3.8, 4) is 5.88 Å². The predicted octanol–water partition coefficient (Wildman–Crippen LogP) is 5.09. The van der Waals surface area contributed by atoms with Crippen molar-refractivity contribution < 1.29 is 9.53 Å². The Labute approximate surface area is 124 Å². The Hall–Kier alpha value is -1.48. The lowest BCUT2D eigenvalue weighted by atomic mass is 10.1. The van der Waals surface area contributed by atoms with Crippen molar-refractivity contribution in [1.29, 1.82) is 0 Å². The van der Waals surface area contributed by atoms with Gasteiger partial charge in [0.1, 0.15) is 5.02 Å². The van der Waals surface area contributed by atoms with Crippen LogP contribution in [0.25, 0.3) is 10.9 Å². The number of benzene rings is 1. The first kappa shape index (κ1) is 14.9. The van der Waals surface area contributed by atoms with E-state index in [-0.39, 0.29) is 5.97 Å². The Morgan fingerprint density at radius 1 is 1.20 bits per heavy atom. The summed E-state index contributed by atoms with van der Waals surface area (Å²) in [5.41, 5.74) is 0.878. The van der Waals surface area contributed by atoms with Crippen molar-refractivity contribution in [2.24, 2.45) is 0 Å². The van der Waals surface area contributed by atoms with E-state index in [0.29, 0.717) is 17.3 Å². The molecule has 0 unspecified atom stereocenters. The molecule has 0 aliphatic carbocycles. The highest BCUT2D eigenvalue weighted by atomic mass is 35.5. The number of rotatable bonds is 7. The molecule has 20 heavy (non-hydrogen) atoms. The van der Waals surface area contributed by atoms with E-state index in [0.717, 1.165) is 23.7 Å². The number of H-pyrrole nitrogens is 1. The summed E-state index contributed by atoms with van der Waals surface area (Å²) >= 11 is 6.20. The highest BCUT2D eigenvalue weighted by molar-refractivity contribution is 6.37. The molecule has 4 heteroatoms. The van der Waals surface area contributed by atoms with E-state index in [1.54, 1.807) is 0 Å². The van der Waals surface area contributed by atoms with Crippen molar-refractivity contribution in [1.82, 2.24) is 4.98 Å². The average molecular weight is 294 g/mol. The number of esters is 1. The van der Waals surface area contributed by atoms with Crippen molar-refractivity contribution >= 4 is 28.5 Å². The van der Waals surface area contributed by atoms with Crippen LogP contribution in [0.3, 0.4) is 0 Å². The molecule has 108 valence electrons. The van der Waals surface area contributed by atoms with E-state index in [9.17, 15) is 4.79 Å². The van der Waals surface area contributed by atoms with E-state index >= 15 is 0 Å². The van der Waals surface area contributed by atoms with Crippen LogP contribution in [-0.2, 0) is 4.79 Å². The summed E-state index contributed by atoms with van der Waals surface area (Å²) in [5.74, 6) is 0.126. The zero-order valence-corrected chi connectivity index (χ0v) is 12.5. The topological polar surface area (TPSA) is 42.1 Å². The van der Waals surface area contributed by atoms with Gasteiger partial charge in [-0.1, -0.05) is 62.4 Å². The van der Waals surface area contributed by atoms with Gasteiger partial charge in [0.2, 0.25) is 5.88 Å². The van der Waals surface area contributed by atoms with E-state index in [2.05, 4.69) is 11.9 Å². The second-order valence-corrected chi connectivity index (χ2v) is 5.33. The Bertz CT molecular complexity index is 577. The molecule has 0 atom stereocenters. The molecule has 0 amide bonds.